The van der Waals surface area contributed by atoms with E-state index in [0.29, 0.717) is 18.2 Å². The third kappa shape index (κ3) is 3.96. The molecule has 1 amide bonds. The lowest BCUT2D eigenvalue weighted by atomic mass is 10.0. The van der Waals surface area contributed by atoms with Crippen molar-refractivity contribution in [2.24, 2.45) is 0 Å². The van der Waals surface area contributed by atoms with E-state index in [4.69, 9.17) is 14.6 Å². The second-order valence-electron chi connectivity index (χ2n) is 6.50. The predicted molar refractivity (Wildman–Crippen MR) is 97.0 cm³/mol. The van der Waals surface area contributed by atoms with E-state index < -0.39 is 12.1 Å². The van der Waals surface area contributed by atoms with Crippen molar-refractivity contribution in [3.63, 3.8) is 0 Å². The summed E-state index contributed by atoms with van der Waals surface area (Å²) < 4.78 is 11.0. The highest BCUT2D eigenvalue weighted by Crippen LogP contribution is 2.25. The summed E-state index contributed by atoms with van der Waals surface area (Å²) in [6.45, 7) is 4.86. The van der Waals surface area contributed by atoms with E-state index in [0.717, 1.165) is 5.69 Å². The van der Waals surface area contributed by atoms with Crippen molar-refractivity contribution in [2.45, 2.75) is 25.9 Å². The van der Waals surface area contributed by atoms with Crippen LogP contribution in [-0.2, 0) is 4.74 Å². The topological polar surface area (TPSA) is 76.1 Å². The van der Waals surface area contributed by atoms with Crippen LogP contribution in [0.2, 0.25) is 0 Å². The molecule has 0 saturated carbocycles. The van der Waals surface area contributed by atoms with Gasteiger partial charge in [0.05, 0.1) is 12.1 Å². The van der Waals surface area contributed by atoms with Crippen LogP contribution in [0.3, 0.4) is 0 Å². The molecule has 136 valence electrons. The summed E-state index contributed by atoms with van der Waals surface area (Å²) in [4.78, 5) is 24.5. The van der Waals surface area contributed by atoms with Crippen LogP contribution in [0.4, 0.5) is 10.5 Å². The lowest BCUT2D eigenvalue weighted by Crippen LogP contribution is -2.26. The number of carboxylic acid groups (broad SMARTS) is 1. The molecule has 2 aromatic carbocycles. The van der Waals surface area contributed by atoms with E-state index in [1.54, 1.807) is 17.0 Å². The fourth-order valence-corrected chi connectivity index (χ4v) is 2.74. The smallest absolute Gasteiger partial charge is 0.414 e. The van der Waals surface area contributed by atoms with Gasteiger partial charge in [0.1, 0.15) is 12.4 Å². The van der Waals surface area contributed by atoms with Gasteiger partial charge >= 0.3 is 12.1 Å². The first-order valence-corrected chi connectivity index (χ1v) is 8.48. The molecule has 0 spiro atoms. The zero-order chi connectivity index (χ0) is 18.7. The fourth-order valence-electron chi connectivity index (χ4n) is 2.74. The van der Waals surface area contributed by atoms with Crippen LogP contribution in [0.25, 0.3) is 0 Å². The van der Waals surface area contributed by atoms with E-state index >= 15 is 0 Å². The molecule has 0 radical (unpaired) electrons. The minimum atomic E-state index is -0.986. The van der Waals surface area contributed by atoms with Gasteiger partial charge < -0.3 is 14.6 Å². The average Bonchev–Trinajstić information content (AvgIpc) is 3.01. The van der Waals surface area contributed by atoms with Gasteiger partial charge in [0.15, 0.2) is 6.10 Å². The van der Waals surface area contributed by atoms with Crippen LogP contribution in [-0.4, -0.2) is 36.4 Å². The Morgan fingerprint density at radius 1 is 1.19 bits per heavy atom. The summed E-state index contributed by atoms with van der Waals surface area (Å²) in [5, 5.41) is 8.89. The van der Waals surface area contributed by atoms with Gasteiger partial charge in [-0.15, -0.1) is 0 Å². The first-order valence-electron chi connectivity index (χ1n) is 8.48. The molecule has 1 unspecified atom stereocenters. The Morgan fingerprint density at radius 3 is 2.42 bits per heavy atom. The number of carboxylic acids is 1. The van der Waals surface area contributed by atoms with Gasteiger partial charge in [-0.3, -0.25) is 4.90 Å². The molecule has 6 nitrogen and oxygen atoms in total. The molecule has 1 saturated heterocycles. The summed E-state index contributed by atoms with van der Waals surface area (Å²) in [5.41, 5.74) is 2.21. The fraction of sp³-hybridized carbons (Fsp3) is 0.300. The Hall–Kier alpha value is -3.02. The monoisotopic (exact) mass is 355 g/mol. The molecule has 1 heterocycles. The number of carbonyl (C=O) groups is 2. The highest BCUT2D eigenvalue weighted by atomic mass is 16.6. The van der Waals surface area contributed by atoms with Gasteiger partial charge in [-0.25, -0.2) is 9.59 Å². The number of hydrogen-bond donors (Lipinski definition) is 1. The second kappa shape index (κ2) is 7.47. The lowest BCUT2D eigenvalue weighted by Gasteiger charge is -2.14. The van der Waals surface area contributed by atoms with E-state index in [1.807, 2.05) is 24.3 Å². The van der Waals surface area contributed by atoms with Crippen LogP contribution in [0, 0.1) is 0 Å². The van der Waals surface area contributed by atoms with E-state index in [2.05, 4.69) is 13.8 Å². The van der Waals surface area contributed by atoms with Gasteiger partial charge in [0, 0.05) is 5.69 Å². The van der Waals surface area contributed by atoms with Gasteiger partial charge in [0.2, 0.25) is 0 Å². The maximum absolute atomic E-state index is 12.1. The van der Waals surface area contributed by atoms with E-state index in [1.165, 1.54) is 17.7 Å². The first-order chi connectivity index (χ1) is 12.4. The summed E-state index contributed by atoms with van der Waals surface area (Å²) in [5.74, 6) is -0.0190. The van der Waals surface area contributed by atoms with E-state index in [-0.39, 0.29) is 18.3 Å². The van der Waals surface area contributed by atoms with Gasteiger partial charge in [-0.05, 0) is 47.9 Å². The first kappa shape index (κ1) is 17.8. The third-order valence-corrected chi connectivity index (χ3v) is 4.28. The maximum Gasteiger partial charge on any atom is 0.414 e. The Morgan fingerprint density at radius 2 is 1.85 bits per heavy atom. The van der Waals surface area contributed by atoms with Gasteiger partial charge in [0.25, 0.3) is 0 Å². The van der Waals surface area contributed by atoms with Crippen molar-refractivity contribution >= 4 is 17.7 Å². The van der Waals surface area contributed by atoms with Crippen LogP contribution in [0.1, 0.15) is 35.7 Å². The summed E-state index contributed by atoms with van der Waals surface area (Å²) in [6, 6.07) is 14.0. The van der Waals surface area contributed by atoms with Crippen molar-refractivity contribution in [3.8, 4) is 5.75 Å². The molecule has 6 heteroatoms. The number of amides is 1. The quantitative estimate of drug-likeness (QED) is 0.850. The molecule has 0 aromatic heterocycles. The van der Waals surface area contributed by atoms with E-state index in [9.17, 15) is 9.59 Å². The Kier molecular flexibility index (Phi) is 5.11. The van der Waals surface area contributed by atoms with Gasteiger partial charge in [-0.2, -0.15) is 0 Å². The number of carbonyl (C=O) groups excluding carboxylic acids is 1. The lowest BCUT2D eigenvalue weighted by molar-refractivity contribution is 0.0696. The minimum Gasteiger partial charge on any atom is -0.490 e. The standard InChI is InChI=1S/C20H21NO5/c1-13(2)14-3-7-16(8-4-14)21-11-18(26-20(21)24)12-25-17-9-5-15(6-10-17)19(22)23/h3-10,13,18H,11-12H2,1-2H3,(H,22,23). The Balaban J connectivity index is 1.58. The molecule has 1 fully saturated rings. The molecule has 26 heavy (non-hydrogen) atoms. The predicted octanol–water partition coefficient (Wildman–Crippen LogP) is 3.91. The molecular formula is C20H21NO5. The van der Waals surface area contributed by atoms with Crippen LogP contribution in [0.15, 0.2) is 48.5 Å². The molecule has 1 atom stereocenters. The molecule has 1 aliphatic heterocycles. The number of anilines is 1. The molecule has 0 bridgehead atoms. The second-order valence-corrected chi connectivity index (χ2v) is 6.50. The highest BCUT2D eigenvalue weighted by molar-refractivity contribution is 5.89. The van der Waals surface area contributed by atoms with Crippen molar-refractivity contribution in [2.75, 3.05) is 18.1 Å². The molecular weight excluding hydrogens is 334 g/mol. The number of benzene rings is 2. The minimum absolute atomic E-state index is 0.195. The molecule has 3 rings (SSSR count). The van der Waals surface area contributed by atoms with Crippen LogP contribution < -0.4 is 9.64 Å². The van der Waals surface area contributed by atoms with Crippen LogP contribution in [0.5, 0.6) is 5.75 Å². The SMILES string of the molecule is CC(C)c1ccc(N2CC(COc3ccc(C(=O)O)cc3)OC2=O)cc1. The number of aromatic carboxylic acids is 1. The average molecular weight is 355 g/mol. The highest BCUT2D eigenvalue weighted by Gasteiger charge is 2.32. The number of rotatable bonds is 6. The normalized spacial score (nSPS) is 16.7. The summed E-state index contributed by atoms with van der Waals surface area (Å²) in [7, 11) is 0. The van der Waals surface area contributed by atoms with Crippen molar-refractivity contribution in [1.29, 1.82) is 0 Å². The van der Waals surface area contributed by atoms with Crippen molar-refractivity contribution in [3.05, 3.63) is 59.7 Å². The Bertz CT molecular complexity index is 783. The zero-order valence-corrected chi connectivity index (χ0v) is 14.7. The number of cyclic esters (lactones) is 1. The third-order valence-electron chi connectivity index (χ3n) is 4.28. The maximum atomic E-state index is 12.1. The molecule has 0 aliphatic carbocycles. The number of ether oxygens (including phenoxy) is 2. The Labute approximate surface area is 152 Å². The summed E-state index contributed by atoms with van der Waals surface area (Å²) in [6.07, 6.45) is -0.774. The summed E-state index contributed by atoms with van der Waals surface area (Å²) >= 11 is 0. The van der Waals surface area contributed by atoms with Gasteiger partial charge in [-0.1, -0.05) is 26.0 Å². The number of hydrogen-bond acceptors (Lipinski definition) is 4. The molecule has 1 N–H and O–H groups in total. The van der Waals surface area contributed by atoms with Crippen molar-refractivity contribution in [1.82, 2.24) is 0 Å². The van der Waals surface area contributed by atoms with Crippen LogP contribution >= 0.6 is 0 Å². The largest absolute Gasteiger partial charge is 0.490 e. The molecule has 1 aliphatic rings. The number of nitrogens with zero attached hydrogens (tertiary/aromatic N) is 1. The molecule has 2 aromatic rings. The van der Waals surface area contributed by atoms with Crippen molar-refractivity contribution < 1.29 is 24.2 Å². The zero-order valence-electron chi connectivity index (χ0n) is 14.7.